The van der Waals surface area contributed by atoms with Crippen LogP contribution in [0.2, 0.25) is 0 Å². The summed E-state index contributed by atoms with van der Waals surface area (Å²) in [5.41, 5.74) is 1.75. The van der Waals surface area contributed by atoms with Gasteiger partial charge in [0, 0.05) is 17.3 Å². The Labute approximate surface area is 176 Å². The molecule has 2 N–H and O–H groups in total. The van der Waals surface area contributed by atoms with E-state index in [1.807, 2.05) is 20.8 Å². The van der Waals surface area contributed by atoms with E-state index in [-0.39, 0.29) is 12.5 Å². The van der Waals surface area contributed by atoms with Gasteiger partial charge in [-0.2, -0.15) is 0 Å². The lowest BCUT2D eigenvalue weighted by molar-refractivity contribution is -0.115. The van der Waals surface area contributed by atoms with Gasteiger partial charge in [-0.3, -0.25) is 9.59 Å². The van der Waals surface area contributed by atoms with Crippen LogP contribution in [0.3, 0.4) is 0 Å². The summed E-state index contributed by atoms with van der Waals surface area (Å²) in [5, 5.41) is 5.37. The molecule has 0 saturated heterocycles. The fraction of sp³-hybridized carbons (Fsp3) is 0.364. The summed E-state index contributed by atoms with van der Waals surface area (Å²) >= 11 is 0. The van der Waals surface area contributed by atoms with E-state index in [9.17, 15) is 9.59 Å². The first-order chi connectivity index (χ1) is 14.4. The van der Waals surface area contributed by atoms with Gasteiger partial charge in [0.15, 0.2) is 23.0 Å². The molecule has 0 atom stereocenters. The standard InChI is InChI=1S/C22H28N2O6/c1-6-29-17-9-8-15(11-20(17)30-7-2)22(26)23-13-21(25)24-16-12-19(28-5)18(27-4)10-14(16)3/h8-12H,6-7,13H2,1-5H3,(H,23,26)(H,24,25). The number of nitrogens with one attached hydrogen (secondary N) is 2. The highest BCUT2D eigenvalue weighted by Crippen LogP contribution is 2.33. The molecule has 8 heteroatoms. The zero-order valence-corrected chi connectivity index (χ0v) is 18.0. The second-order valence-corrected chi connectivity index (χ2v) is 6.28. The maximum atomic E-state index is 12.5. The average Bonchev–Trinajstić information content (AvgIpc) is 2.74. The molecule has 2 rings (SSSR count). The van der Waals surface area contributed by atoms with E-state index in [0.717, 1.165) is 5.56 Å². The summed E-state index contributed by atoms with van der Waals surface area (Å²) in [7, 11) is 3.06. The Morgan fingerprint density at radius 2 is 1.50 bits per heavy atom. The first kappa shape index (κ1) is 22.9. The Kier molecular flexibility index (Phi) is 8.34. The number of carbonyl (C=O) groups is 2. The van der Waals surface area contributed by atoms with Gasteiger partial charge in [-0.1, -0.05) is 0 Å². The first-order valence-electron chi connectivity index (χ1n) is 9.63. The average molecular weight is 416 g/mol. The third-order valence-electron chi connectivity index (χ3n) is 4.22. The van der Waals surface area contributed by atoms with Crippen molar-refractivity contribution in [3.05, 3.63) is 41.5 Å². The van der Waals surface area contributed by atoms with Crippen molar-refractivity contribution < 1.29 is 28.5 Å². The SMILES string of the molecule is CCOc1ccc(C(=O)NCC(=O)Nc2cc(OC)c(OC)cc2C)cc1OCC. The molecule has 0 spiro atoms. The van der Waals surface area contributed by atoms with Crippen molar-refractivity contribution in [2.75, 3.05) is 39.3 Å². The predicted octanol–water partition coefficient (Wildman–Crippen LogP) is 3.18. The highest BCUT2D eigenvalue weighted by molar-refractivity contribution is 6.00. The molecule has 30 heavy (non-hydrogen) atoms. The number of methoxy groups -OCH3 is 2. The first-order valence-corrected chi connectivity index (χ1v) is 9.63. The molecular formula is C22H28N2O6. The van der Waals surface area contributed by atoms with Gasteiger partial charge >= 0.3 is 0 Å². The molecule has 0 radical (unpaired) electrons. The van der Waals surface area contributed by atoms with Crippen LogP contribution in [0.15, 0.2) is 30.3 Å². The topological polar surface area (TPSA) is 95.1 Å². The summed E-state index contributed by atoms with van der Waals surface area (Å²) in [6.45, 7) is 6.30. The van der Waals surface area contributed by atoms with Gasteiger partial charge in [0.1, 0.15) is 0 Å². The predicted molar refractivity (Wildman–Crippen MR) is 114 cm³/mol. The minimum Gasteiger partial charge on any atom is -0.493 e. The molecule has 8 nitrogen and oxygen atoms in total. The number of anilines is 1. The van der Waals surface area contributed by atoms with Crippen LogP contribution in [-0.2, 0) is 4.79 Å². The van der Waals surface area contributed by atoms with E-state index in [1.54, 1.807) is 37.4 Å². The molecule has 0 heterocycles. The number of ether oxygens (including phenoxy) is 4. The van der Waals surface area contributed by atoms with Gasteiger partial charge in [0.2, 0.25) is 5.91 Å². The van der Waals surface area contributed by atoms with Crippen molar-refractivity contribution in [2.24, 2.45) is 0 Å². The molecule has 0 unspecified atom stereocenters. The number of aryl methyl sites for hydroxylation is 1. The van der Waals surface area contributed by atoms with E-state index >= 15 is 0 Å². The molecule has 0 aromatic heterocycles. The van der Waals surface area contributed by atoms with Crippen molar-refractivity contribution in [3.8, 4) is 23.0 Å². The van der Waals surface area contributed by atoms with E-state index in [1.165, 1.54) is 7.11 Å². The minimum absolute atomic E-state index is 0.191. The lowest BCUT2D eigenvalue weighted by atomic mass is 10.1. The van der Waals surface area contributed by atoms with Crippen LogP contribution in [-0.4, -0.2) is 45.8 Å². The van der Waals surface area contributed by atoms with E-state index < -0.39 is 5.91 Å². The van der Waals surface area contributed by atoms with E-state index in [0.29, 0.717) is 47.5 Å². The second-order valence-electron chi connectivity index (χ2n) is 6.28. The number of carbonyl (C=O) groups excluding carboxylic acids is 2. The second kappa shape index (κ2) is 10.9. The fourth-order valence-corrected chi connectivity index (χ4v) is 2.76. The summed E-state index contributed by atoms with van der Waals surface area (Å²) in [6, 6.07) is 8.34. The summed E-state index contributed by atoms with van der Waals surface area (Å²) in [6.07, 6.45) is 0. The van der Waals surface area contributed by atoms with E-state index in [4.69, 9.17) is 18.9 Å². The number of hydrogen-bond donors (Lipinski definition) is 2. The van der Waals surface area contributed by atoms with Crippen LogP contribution < -0.4 is 29.6 Å². The third kappa shape index (κ3) is 5.79. The molecule has 0 aliphatic carbocycles. The molecule has 162 valence electrons. The number of benzene rings is 2. The molecular weight excluding hydrogens is 388 g/mol. The van der Waals surface area contributed by atoms with Gasteiger partial charge in [-0.15, -0.1) is 0 Å². The van der Waals surface area contributed by atoms with Crippen LogP contribution in [0.5, 0.6) is 23.0 Å². The monoisotopic (exact) mass is 416 g/mol. The number of rotatable bonds is 10. The van der Waals surface area contributed by atoms with Crippen molar-refractivity contribution >= 4 is 17.5 Å². The lowest BCUT2D eigenvalue weighted by Gasteiger charge is -2.14. The summed E-state index contributed by atoms with van der Waals surface area (Å²) in [5.74, 6) is 1.37. The molecule has 2 amide bonds. The zero-order valence-electron chi connectivity index (χ0n) is 18.0. The molecule has 0 aliphatic heterocycles. The zero-order chi connectivity index (χ0) is 22.1. The van der Waals surface area contributed by atoms with Gasteiger partial charge in [-0.25, -0.2) is 0 Å². The Balaban J connectivity index is 2.03. The van der Waals surface area contributed by atoms with E-state index in [2.05, 4.69) is 10.6 Å². The lowest BCUT2D eigenvalue weighted by Crippen LogP contribution is -2.33. The fourth-order valence-electron chi connectivity index (χ4n) is 2.76. The maximum absolute atomic E-state index is 12.5. The van der Waals surface area contributed by atoms with Crippen LogP contribution >= 0.6 is 0 Å². The highest BCUT2D eigenvalue weighted by atomic mass is 16.5. The third-order valence-corrected chi connectivity index (χ3v) is 4.22. The van der Waals surface area contributed by atoms with Crippen molar-refractivity contribution in [3.63, 3.8) is 0 Å². The van der Waals surface area contributed by atoms with Gasteiger partial charge < -0.3 is 29.6 Å². The Bertz CT molecular complexity index is 897. The van der Waals surface area contributed by atoms with Crippen LogP contribution in [0.1, 0.15) is 29.8 Å². The van der Waals surface area contributed by atoms with Crippen molar-refractivity contribution in [1.82, 2.24) is 5.32 Å². The van der Waals surface area contributed by atoms with Gasteiger partial charge in [-0.05, 0) is 50.6 Å². The molecule has 2 aromatic rings. The highest BCUT2D eigenvalue weighted by Gasteiger charge is 2.14. The minimum atomic E-state index is -0.391. The quantitative estimate of drug-likeness (QED) is 0.618. The Hall–Kier alpha value is -3.42. The summed E-state index contributed by atoms with van der Waals surface area (Å²) in [4.78, 5) is 24.8. The smallest absolute Gasteiger partial charge is 0.251 e. The van der Waals surface area contributed by atoms with Gasteiger partial charge in [0.05, 0.1) is 34.0 Å². The van der Waals surface area contributed by atoms with Crippen molar-refractivity contribution in [2.45, 2.75) is 20.8 Å². The van der Waals surface area contributed by atoms with Crippen molar-refractivity contribution in [1.29, 1.82) is 0 Å². The molecule has 0 saturated carbocycles. The van der Waals surface area contributed by atoms with Crippen LogP contribution in [0, 0.1) is 6.92 Å². The Morgan fingerprint density at radius 1 is 0.867 bits per heavy atom. The van der Waals surface area contributed by atoms with Crippen LogP contribution in [0.4, 0.5) is 5.69 Å². The van der Waals surface area contributed by atoms with Gasteiger partial charge in [0.25, 0.3) is 5.91 Å². The maximum Gasteiger partial charge on any atom is 0.251 e. The Morgan fingerprint density at radius 3 is 2.13 bits per heavy atom. The molecule has 2 aromatic carbocycles. The number of amides is 2. The largest absolute Gasteiger partial charge is 0.493 e. The normalized spacial score (nSPS) is 10.2. The van der Waals surface area contributed by atoms with Crippen LogP contribution in [0.25, 0.3) is 0 Å². The molecule has 0 fully saturated rings. The summed E-state index contributed by atoms with van der Waals surface area (Å²) < 4.78 is 21.5. The number of hydrogen-bond acceptors (Lipinski definition) is 6. The molecule has 0 aliphatic rings. The molecule has 0 bridgehead atoms.